The van der Waals surface area contributed by atoms with Gasteiger partial charge in [-0.1, -0.05) is 11.1 Å². The van der Waals surface area contributed by atoms with Crippen molar-refractivity contribution >= 4 is 31.3 Å². The second kappa shape index (κ2) is 11.6. The van der Waals surface area contributed by atoms with Crippen molar-refractivity contribution in [1.82, 2.24) is 0 Å². The van der Waals surface area contributed by atoms with Crippen LogP contribution in [0.15, 0.2) is 0 Å². The van der Waals surface area contributed by atoms with Gasteiger partial charge in [-0.05, 0) is 43.9 Å². The fraction of sp³-hybridized carbons (Fsp3) is 1.00. The molecule has 2 fully saturated rings. The van der Waals surface area contributed by atoms with Crippen molar-refractivity contribution in [3.8, 4) is 0 Å². The van der Waals surface area contributed by atoms with E-state index in [-0.39, 0.29) is 93.2 Å². The van der Waals surface area contributed by atoms with Crippen LogP contribution in [0.4, 0.5) is 0 Å². The van der Waals surface area contributed by atoms with Crippen LogP contribution in [-0.2, 0) is 31.3 Å². The van der Waals surface area contributed by atoms with E-state index < -0.39 is 47.1 Å². The Labute approximate surface area is 186 Å². The van der Waals surface area contributed by atoms with E-state index in [0.717, 1.165) is 0 Å². The van der Waals surface area contributed by atoms with Crippen LogP contribution in [0.5, 0.6) is 0 Å². The Kier molecular flexibility index (Phi) is 14.6. The van der Waals surface area contributed by atoms with E-state index in [1.165, 1.54) is 0 Å². The van der Waals surface area contributed by atoms with Gasteiger partial charge in [0.05, 0.1) is 30.7 Å². The Morgan fingerprint density at radius 1 is 0.760 bits per heavy atom. The first-order chi connectivity index (χ1) is 9.50. The second-order valence-corrected chi connectivity index (χ2v) is 10.1. The minimum absolute atomic E-state index is 0. The molecule has 0 spiro atoms. The van der Waals surface area contributed by atoms with Gasteiger partial charge < -0.3 is 19.1 Å². The molecule has 0 aromatic heterocycles. The predicted octanol–water partition coefficient (Wildman–Crippen LogP) is -9.89. The fourth-order valence-electron chi connectivity index (χ4n) is 3.57. The normalized spacial score (nSPS) is 33.2. The number of rotatable bonds is 3. The van der Waals surface area contributed by atoms with Gasteiger partial charge in [0.15, 0.2) is 0 Å². The van der Waals surface area contributed by atoms with Crippen LogP contribution < -0.4 is 56.6 Å². The van der Waals surface area contributed by atoms with Crippen molar-refractivity contribution in [1.29, 1.82) is 0 Å². The molecule has 1 N–H and O–H groups in total. The molecular formula is C10H16Li3O9S3-. The second-order valence-electron chi connectivity index (χ2n) is 5.75. The van der Waals surface area contributed by atoms with E-state index >= 15 is 0 Å². The minimum atomic E-state index is -4.93. The standard InChI is InChI=1S/C10H18O8S3.3Li.H2O/c11-19(12)8-2-1-6-4-9(20(13,14)15)10(21(16,17)18)5-7(6)3-8;;;;/h6-10H,1-5H2,(H,11,12)(H,13,14,15)(H,16,17,18);;;;1H2/q;3*+1;/p-4. The molecule has 2 aliphatic rings. The van der Waals surface area contributed by atoms with E-state index in [1.54, 1.807) is 0 Å². The Bertz CT molecular complexity index is 639. The van der Waals surface area contributed by atoms with Crippen LogP contribution in [-0.4, -0.2) is 55.9 Å². The predicted molar refractivity (Wildman–Crippen MR) is 71.7 cm³/mol. The smallest absolute Gasteiger partial charge is 0.870 e. The molecule has 0 aliphatic heterocycles. The van der Waals surface area contributed by atoms with Crippen LogP contribution in [0.3, 0.4) is 0 Å². The van der Waals surface area contributed by atoms with Crippen LogP contribution in [0.1, 0.15) is 32.1 Å². The van der Waals surface area contributed by atoms with Gasteiger partial charge in [0.2, 0.25) is 0 Å². The average molecular weight is 397 g/mol. The van der Waals surface area contributed by atoms with Gasteiger partial charge in [0.25, 0.3) is 0 Å². The maximum absolute atomic E-state index is 11.3. The van der Waals surface area contributed by atoms with E-state index in [0.29, 0.717) is 12.8 Å². The van der Waals surface area contributed by atoms with Crippen LogP contribution in [0, 0.1) is 11.8 Å². The molecule has 9 nitrogen and oxygen atoms in total. The zero-order valence-corrected chi connectivity index (χ0v) is 16.8. The summed E-state index contributed by atoms with van der Waals surface area (Å²) < 4.78 is 89.5. The maximum Gasteiger partial charge on any atom is 1.00 e. The molecule has 0 aromatic carbocycles. The van der Waals surface area contributed by atoms with Gasteiger partial charge in [-0.3, -0.25) is 4.21 Å². The van der Waals surface area contributed by atoms with Crippen molar-refractivity contribution in [3.05, 3.63) is 0 Å². The summed E-state index contributed by atoms with van der Waals surface area (Å²) in [7, 11) is -9.82. The molecule has 15 heteroatoms. The van der Waals surface area contributed by atoms with E-state index in [9.17, 15) is 34.7 Å². The molecular weight excluding hydrogens is 381 g/mol. The third kappa shape index (κ3) is 7.91. The Morgan fingerprint density at radius 3 is 1.52 bits per heavy atom. The van der Waals surface area contributed by atoms with E-state index in [4.69, 9.17) is 0 Å². The van der Waals surface area contributed by atoms with Crippen molar-refractivity contribution in [2.45, 2.75) is 47.9 Å². The fourth-order valence-corrected chi connectivity index (χ4v) is 7.05. The van der Waals surface area contributed by atoms with Gasteiger partial charge in [-0.25, -0.2) is 16.8 Å². The molecule has 132 valence electrons. The zero-order valence-electron chi connectivity index (χ0n) is 14.4. The summed E-state index contributed by atoms with van der Waals surface area (Å²) in [5, 5.41) is -4.11. The first kappa shape index (κ1) is 31.4. The molecule has 25 heavy (non-hydrogen) atoms. The van der Waals surface area contributed by atoms with Gasteiger partial charge in [-0.15, -0.1) is 0 Å². The first-order valence-electron chi connectivity index (χ1n) is 6.47. The maximum atomic E-state index is 11.3. The first-order valence-corrected chi connectivity index (χ1v) is 10.6. The molecule has 0 saturated heterocycles. The van der Waals surface area contributed by atoms with Crippen molar-refractivity contribution < 1.29 is 96.8 Å². The monoisotopic (exact) mass is 397 g/mol. The average Bonchev–Trinajstić information content (AvgIpc) is 2.34. The summed E-state index contributed by atoms with van der Waals surface area (Å²) in [5.74, 6) is -0.579. The van der Waals surface area contributed by atoms with Gasteiger partial charge in [0, 0.05) is 5.25 Å². The molecule has 6 unspecified atom stereocenters. The molecule has 0 radical (unpaired) electrons. The Balaban J connectivity index is -0.00000121. The summed E-state index contributed by atoms with van der Waals surface area (Å²) in [4.78, 5) is 0. The van der Waals surface area contributed by atoms with Gasteiger partial charge in [-0.2, -0.15) is 0 Å². The molecule has 0 bridgehead atoms. The Morgan fingerprint density at radius 2 is 1.16 bits per heavy atom. The molecule has 2 saturated carbocycles. The summed E-state index contributed by atoms with van der Waals surface area (Å²) >= 11 is -2.28. The van der Waals surface area contributed by atoms with Crippen molar-refractivity contribution in [2.75, 3.05) is 0 Å². The van der Waals surface area contributed by atoms with Crippen LogP contribution in [0.25, 0.3) is 0 Å². The molecule has 2 rings (SSSR count). The summed E-state index contributed by atoms with van der Waals surface area (Å²) in [6, 6.07) is 0. The number of hydrogen-bond acceptors (Lipinski definition) is 9. The number of hydrogen-bond donors (Lipinski definition) is 0. The zero-order chi connectivity index (χ0) is 16.0. The van der Waals surface area contributed by atoms with Crippen molar-refractivity contribution in [2.24, 2.45) is 11.8 Å². The van der Waals surface area contributed by atoms with Crippen LogP contribution >= 0.6 is 0 Å². The largest absolute Gasteiger partial charge is 1.00 e. The quantitative estimate of drug-likeness (QED) is 0.253. The topological polar surface area (TPSA) is 185 Å². The molecule has 0 heterocycles. The Hall–Kier alpha value is 1.68. The summed E-state index contributed by atoms with van der Waals surface area (Å²) in [5.41, 5.74) is 0. The minimum Gasteiger partial charge on any atom is -0.870 e. The van der Waals surface area contributed by atoms with E-state index in [2.05, 4.69) is 0 Å². The molecule has 6 atom stereocenters. The van der Waals surface area contributed by atoms with Gasteiger partial charge >= 0.3 is 56.6 Å². The SMILES string of the molecule is O=S([O-])C1CCC2CC(S(=O)(=O)[O-])C(S(=O)(=O)[O-])CC2C1.[Li+].[Li+].[Li+].[OH-]. The third-order valence-electron chi connectivity index (χ3n) is 4.59. The summed E-state index contributed by atoms with van der Waals surface area (Å²) in [6.45, 7) is 0. The number of fused-ring (bicyclic) bond motifs is 1. The molecule has 0 amide bonds. The van der Waals surface area contributed by atoms with Crippen molar-refractivity contribution in [3.63, 3.8) is 0 Å². The third-order valence-corrected chi connectivity index (χ3v) is 8.26. The summed E-state index contributed by atoms with van der Waals surface area (Å²) in [6.07, 6.45) is 0.550. The molecule has 2 aliphatic carbocycles. The van der Waals surface area contributed by atoms with Crippen LogP contribution in [0.2, 0.25) is 0 Å². The van der Waals surface area contributed by atoms with Gasteiger partial charge in [0.1, 0.15) is 0 Å². The molecule has 0 aromatic rings. The van der Waals surface area contributed by atoms with E-state index in [1.807, 2.05) is 0 Å².